The van der Waals surface area contributed by atoms with Crippen molar-refractivity contribution in [3.05, 3.63) is 70.7 Å². The molecule has 2 aromatic rings. The highest BCUT2D eigenvalue weighted by Crippen LogP contribution is 2.60. The zero-order chi connectivity index (χ0) is 24.4. The highest BCUT2D eigenvalue weighted by molar-refractivity contribution is 6.30. The average molecular weight is 495 g/mol. The number of amides is 2. The maximum atomic E-state index is 13.0. The van der Waals surface area contributed by atoms with Gasteiger partial charge in [0, 0.05) is 10.4 Å². The molecule has 0 aliphatic heterocycles. The van der Waals surface area contributed by atoms with E-state index in [4.69, 9.17) is 16.3 Å². The van der Waals surface area contributed by atoms with Crippen molar-refractivity contribution < 1.29 is 19.1 Å². The van der Waals surface area contributed by atoms with Crippen LogP contribution in [0.2, 0.25) is 5.02 Å². The highest BCUT2D eigenvalue weighted by atomic mass is 35.5. The molecule has 4 bridgehead atoms. The first kappa shape index (κ1) is 23.9. The largest absolute Gasteiger partial charge is 0.454 e. The van der Waals surface area contributed by atoms with Crippen LogP contribution in [0.5, 0.6) is 0 Å². The maximum absolute atomic E-state index is 13.0. The molecule has 2 aromatic carbocycles. The van der Waals surface area contributed by atoms with Gasteiger partial charge in [-0.1, -0.05) is 54.1 Å². The van der Waals surface area contributed by atoms with Gasteiger partial charge in [0.2, 0.25) is 5.91 Å². The van der Waals surface area contributed by atoms with Crippen LogP contribution in [0.3, 0.4) is 0 Å². The highest BCUT2D eigenvalue weighted by Gasteiger charge is 2.54. The molecule has 184 valence electrons. The zero-order valence-corrected chi connectivity index (χ0v) is 20.4. The fraction of sp³-hybridized carbons (Fsp3) is 0.464. The molecule has 1 unspecified atom stereocenters. The number of benzene rings is 2. The monoisotopic (exact) mass is 494 g/mol. The molecule has 4 aliphatic rings. The van der Waals surface area contributed by atoms with Gasteiger partial charge >= 0.3 is 5.97 Å². The number of carbonyl (C=O) groups is 3. The van der Waals surface area contributed by atoms with Gasteiger partial charge < -0.3 is 15.4 Å². The standard InChI is InChI=1S/C28H31ClN2O4/c29-23-8-6-22(7-9-23)26(21-4-2-1-3-5-21)31-24(32)17-35-25(33)16-30-27(34)28-13-18-10-19(14-28)12-20(11-18)15-28/h1-9,18-20,26H,10-17H2,(H,30,34)(H,31,32). The molecule has 0 heterocycles. The normalized spacial score (nSPS) is 27.2. The van der Waals surface area contributed by atoms with Gasteiger partial charge in [-0.2, -0.15) is 0 Å². The summed E-state index contributed by atoms with van der Waals surface area (Å²) >= 11 is 6.02. The third-order valence-electron chi connectivity index (χ3n) is 7.92. The topological polar surface area (TPSA) is 84.5 Å². The summed E-state index contributed by atoms with van der Waals surface area (Å²) in [4.78, 5) is 38.0. The van der Waals surface area contributed by atoms with Crippen molar-refractivity contribution in [3.8, 4) is 0 Å². The minimum atomic E-state index is -0.610. The van der Waals surface area contributed by atoms with Crippen molar-refractivity contribution in [1.82, 2.24) is 10.6 Å². The van der Waals surface area contributed by atoms with Crippen LogP contribution in [0.15, 0.2) is 54.6 Å². The Morgan fingerprint density at radius 2 is 1.46 bits per heavy atom. The van der Waals surface area contributed by atoms with Crippen LogP contribution in [0.25, 0.3) is 0 Å². The number of hydrogen-bond donors (Lipinski definition) is 2. The Balaban J connectivity index is 1.13. The third-order valence-corrected chi connectivity index (χ3v) is 8.17. The van der Waals surface area contributed by atoms with E-state index in [1.165, 1.54) is 19.3 Å². The second-order valence-corrected chi connectivity index (χ2v) is 10.9. The summed E-state index contributed by atoms with van der Waals surface area (Å²) in [7, 11) is 0. The lowest BCUT2D eigenvalue weighted by Crippen LogP contribution is -2.54. The lowest BCUT2D eigenvalue weighted by atomic mass is 9.49. The zero-order valence-electron chi connectivity index (χ0n) is 19.7. The predicted molar refractivity (Wildman–Crippen MR) is 132 cm³/mol. The molecule has 4 aliphatic carbocycles. The van der Waals surface area contributed by atoms with E-state index in [9.17, 15) is 14.4 Å². The Labute approximate surface area is 210 Å². The molecule has 2 N–H and O–H groups in total. The van der Waals surface area contributed by atoms with E-state index < -0.39 is 24.5 Å². The van der Waals surface area contributed by atoms with Crippen molar-refractivity contribution >= 4 is 29.4 Å². The van der Waals surface area contributed by atoms with Gasteiger partial charge in [-0.15, -0.1) is 0 Å². The molecule has 4 fully saturated rings. The molecular weight excluding hydrogens is 464 g/mol. The Morgan fingerprint density at radius 3 is 2.06 bits per heavy atom. The summed E-state index contributed by atoms with van der Waals surface area (Å²) in [5.74, 6) is 0.906. The number of hydrogen-bond acceptors (Lipinski definition) is 4. The number of esters is 1. The summed E-state index contributed by atoms with van der Waals surface area (Å²) in [5.41, 5.74) is 1.45. The second kappa shape index (κ2) is 10.0. The summed E-state index contributed by atoms with van der Waals surface area (Å²) < 4.78 is 5.18. The SMILES string of the molecule is O=C(COC(=O)CNC(=O)C12CC3CC(CC(C3)C1)C2)NC(c1ccccc1)c1ccc(Cl)cc1. The van der Waals surface area contributed by atoms with Crippen molar-refractivity contribution in [2.24, 2.45) is 23.2 Å². The molecule has 6 rings (SSSR count). The van der Waals surface area contributed by atoms with E-state index in [0.29, 0.717) is 22.8 Å². The van der Waals surface area contributed by atoms with E-state index in [0.717, 1.165) is 30.4 Å². The predicted octanol–water partition coefficient (Wildman–Crippen LogP) is 4.42. The van der Waals surface area contributed by atoms with E-state index in [-0.39, 0.29) is 17.9 Å². The van der Waals surface area contributed by atoms with Gasteiger partial charge in [-0.3, -0.25) is 14.4 Å². The van der Waals surface area contributed by atoms with Crippen LogP contribution >= 0.6 is 11.6 Å². The number of rotatable bonds is 8. The Morgan fingerprint density at radius 1 is 0.886 bits per heavy atom. The Bertz CT molecular complexity index is 1050. The minimum Gasteiger partial charge on any atom is -0.454 e. The Kier molecular flexibility index (Phi) is 6.83. The van der Waals surface area contributed by atoms with Crippen molar-refractivity contribution in [2.75, 3.05) is 13.2 Å². The molecule has 4 saturated carbocycles. The van der Waals surface area contributed by atoms with Crippen molar-refractivity contribution in [1.29, 1.82) is 0 Å². The first-order chi connectivity index (χ1) is 16.9. The smallest absolute Gasteiger partial charge is 0.325 e. The van der Waals surface area contributed by atoms with Gasteiger partial charge in [-0.25, -0.2) is 0 Å². The van der Waals surface area contributed by atoms with Crippen LogP contribution in [-0.4, -0.2) is 30.9 Å². The lowest BCUT2D eigenvalue weighted by molar-refractivity contribution is -0.152. The number of nitrogens with one attached hydrogen (secondary N) is 2. The molecule has 6 nitrogen and oxygen atoms in total. The second-order valence-electron chi connectivity index (χ2n) is 10.5. The molecule has 0 saturated heterocycles. The molecule has 0 spiro atoms. The third kappa shape index (κ3) is 5.37. The number of ether oxygens (including phenoxy) is 1. The van der Waals surface area contributed by atoms with E-state index in [1.807, 2.05) is 42.5 Å². The van der Waals surface area contributed by atoms with Gasteiger partial charge in [0.05, 0.1) is 6.04 Å². The van der Waals surface area contributed by atoms with Crippen molar-refractivity contribution in [2.45, 2.75) is 44.6 Å². The molecule has 35 heavy (non-hydrogen) atoms. The molecular formula is C28H31ClN2O4. The van der Waals surface area contributed by atoms with Gasteiger partial charge in [0.25, 0.3) is 5.91 Å². The summed E-state index contributed by atoms with van der Waals surface area (Å²) in [6.07, 6.45) is 6.58. The summed E-state index contributed by atoms with van der Waals surface area (Å²) in [5, 5.41) is 6.34. The van der Waals surface area contributed by atoms with E-state index in [1.54, 1.807) is 12.1 Å². The van der Waals surface area contributed by atoms with Crippen LogP contribution in [0.1, 0.15) is 55.7 Å². The summed E-state index contributed by atoms with van der Waals surface area (Å²) in [6.45, 7) is -0.629. The molecule has 0 radical (unpaired) electrons. The van der Waals surface area contributed by atoms with E-state index in [2.05, 4.69) is 10.6 Å². The Hall–Kier alpha value is -2.86. The van der Waals surface area contributed by atoms with Crippen LogP contribution < -0.4 is 10.6 Å². The number of halogens is 1. The van der Waals surface area contributed by atoms with Gasteiger partial charge in [-0.05, 0) is 79.5 Å². The van der Waals surface area contributed by atoms with Gasteiger partial charge in [0.1, 0.15) is 6.54 Å². The molecule has 2 amide bonds. The fourth-order valence-corrected chi connectivity index (χ4v) is 6.91. The first-order valence-electron chi connectivity index (χ1n) is 12.4. The molecule has 7 heteroatoms. The van der Waals surface area contributed by atoms with Crippen molar-refractivity contribution in [3.63, 3.8) is 0 Å². The average Bonchev–Trinajstić information content (AvgIpc) is 2.85. The maximum Gasteiger partial charge on any atom is 0.325 e. The lowest BCUT2D eigenvalue weighted by Gasteiger charge is -2.55. The molecule has 1 atom stereocenters. The van der Waals surface area contributed by atoms with Crippen LogP contribution in [0.4, 0.5) is 0 Å². The number of carbonyl (C=O) groups excluding carboxylic acids is 3. The fourth-order valence-electron chi connectivity index (χ4n) is 6.79. The first-order valence-corrected chi connectivity index (χ1v) is 12.8. The van der Waals surface area contributed by atoms with Gasteiger partial charge in [0.15, 0.2) is 6.61 Å². The van der Waals surface area contributed by atoms with Crippen LogP contribution in [0, 0.1) is 23.2 Å². The summed E-state index contributed by atoms with van der Waals surface area (Å²) in [6, 6.07) is 16.4. The van der Waals surface area contributed by atoms with E-state index >= 15 is 0 Å². The quantitative estimate of drug-likeness (QED) is 0.532. The minimum absolute atomic E-state index is 0.0233. The molecule has 0 aromatic heterocycles. The van der Waals surface area contributed by atoms with Crippen LogP contribution in [-0.2, 0) is 19.1 Å².